The molecule has 0 spiro atoms. The smallest absolute Gasteiger partial charge is 0.243 e. The average Bonchev–Trinajstić information content (AvgIpc) is 3.11. The van der Waals surface area contributed by atoms with Gasteiger partial charge in [-0.1, -0.05) is 45.2 Å². The Labute approximate surface area is 334 Å². The van der Waals surface area contributed by atoms with Crippen LogP contribution in [0.15, 0.2) is 70.7 Å². The van der Waals surface area contributed by atoms with E-state index in [0.29, 0.717) is 48.0 Å². The van der Waals surface area contributed by atoms with E-state index in [1.165, 1.54) is 10.7 Å². The Morgan fingerprint density at radius 1 is 0.679 bits per heavy atom. The van der Waals surface area contributed by atoms with Crippen molar-refractivity contribution in [2.45, 2.75) is 128 Å². The molecule has 1 aliphatic carbocycles. The number of nitrogens with one attached hydrogen (secondary N) is 5. The summed E-state index contributed by atoms with van der Waals surface area (Å²) < 4.78 is 55.4. The van der Waals surface area contributed by atoms with Crippen LogP contribution in [-0.2, 0) is 20.0 Å². The van der Waals surface area contributed by atoms with Gasteiger partial charge in [0, 0.05) is 65.1 Å². The maximum atomic E-state index is 12.8. The molecule has 0 bridgehead atoms. The largest absolute Gasteiger partial charge is 0.350 e. The van der Waals surface area contributed by atoms with E-state index in [1.54, 1.807) is 48.8 Å². The van der Waals surface area contributed by atoms with Crippen LogP contribution in [0, 0.1) is 13.8 Å². The van der Waals surface area contributed by atoms with Crippen molar-refractivity contribution in [3.8, 4) is 0 Å². The second-order valence-corrected chi connectivity index (χ2v) is 19.7. The number of aryl methyl sites for hydroxylation is 2. The highest BCUT2D eigenvalue weighted by Crippen LogP contribution is 2.26. The Balaban J connectivity index is 0.000000249. The topological polar surface area (TPSA) is 183 Å². The van der Waals surface area contributed by atoms with Gasteiger partial charge >= 0.3 is 0 Å². The average molecular weight is 809 g/mol. The lowest BCUT2D eigenvalue weighted by molar-refractivity contribution is 0.412. The third kappa shape index (κ3) is 13.1. The zero-order valence-electron chi connectivity index (χ0n) is 34.5. The number of benzene rings is 2. The molecule has 1 fully saturated rings. The number of anilines is 6. The maximum absolute atomic E-state index is 12.8. The molecule has 0 radical (unpaired) electrons. The molecule has 0 amide bonds. The highest BCUT2D eigenvalue weighted by Gasteiger charge is 2.24. The van der Waals surface area contributed by atoms with Crippen molar-refractivity contribution in [3.63, 3.8) is 0 Å². The fourth-order valence-electron chi connectivity index (χ4n) is 5.90. The Bertz CT molecular complexity index is 2140. The lowest BCUT2D eigenvalue weighted by atomic mass is 9.96. The molecule has 16 heteroatoms. The fraction of sp³-hybridized carbons (Fsp3) is 0.500. The number of nitrogens with zero attached hydrogens (tertiary/aromatic N) is 5. The van der Waals surface area contributed by atoms with Gasteiger partial charge in [-0.25, -0.2) is 31.5 Å². The summed E-state index contributed by atoms with van der Waals surface area (Å²) in [6, 6.07) is 13.6. The lowest BCUT2D eigenvalue weighted by Gasteiger charge is -2.23. The van der Waals surface area contributed by atoms with E-state index in [1.807, 2.05) is 81.4 Å². The minimum absolute atomic E-state index is 0.0282. The molecule has 306 valence electrons. The van der Waals surface area contributed by atoms with Crippen LogP contribution in [0.3, 0.4) is 0 Å². The SMILES string of the molecule is CCN(CC)S(=O)(=O)c1cccc(Nc2nc(NC(C)(C)C)ncc2C)c1.Cc1cnc(NC(C)(C)C)nc1Nc1cccc(S(=O)(=O)NC2CCCCC2)c1. The van der Waals surface area contributed by atoms with Gasteiger partial charge in [0.2, 0.25) is 31.9 Å². The predicted molar refractivity (Wildman–Crippen MR) is 227 cm³/mol. The molecule has 2 aromatic heterocycles. The van der Waals surface area contributed by atoms with Gasteiger partial charge in [-0.15, -0.1) is 0 Å². The Kier molecular flexibility index (Phi) is 14.8. The van der Waals surface area contributed by atoms with E-state index in [2.05, 4.69) is 45.9 Å². The van der Waals surface area contributed by atoms with Crippen LogP contribution in [0.2, 0.25) is 0 Å². The van der Waals surface area contributed by atoms with E-state index in [0.717, 1.165) is 36.8 Å². The standard InChI is InChI=1S/C21H31N5O2S.C19H29N5O2S/c1-15-14-22-20(25-21(2,3)4)24-19(15)23-17-11-8-12-18(13-17)29(27,28)26-16-9-6-5-7-10-16;1-7-24(8-2)27(25,26)16-11-9-10-15(12-16)21-17-14(3)13-20-18(22-17)23-19(4,5)6/h8,11-14,16,26H,5-7,9-10H2,1-4H3,(H2,22,23,24,25);9-13H,7-8H2,1-6H3,(H2,20,21,22,23). The monoisotopic (exact) mass is 808 g/mol. The van der Waals surface area contributed by atoms with Gasteiger partial charge in [-0.3, -0.25) is 0 Å². The minimum atomic E-state index is -3.55. The molecule has 2 aromatic carbocycles. The quantitative estimate of drug-likeness (QED) is 0.0876. The third-order valence-electron chi connectivity index (χ3n) is 8.69. The summed E-state index contributed by atoms with van der Waals surface area (Å²) in [4.78, 5) is 18.2. The predicted octanol–water partition coefficient (Wildman–Crippen LogP) is 8.12. The van der Waals surface area contributed by atoms with E-state index in [4.69, 9.17) is 0 Å². The molecule has 2 heterocycles. The Morgan fingerprint density at radius 2 is 1.12 bits per heavy atom. The van der Waals surface area contributed by atoms with E-state index in [9.17, 15) is 16.8 Å². The third-order valence-corrected chi connectivity index (χ3v) is 12.3. The zero-order chi connectivity index (χ0) is 41.3. The number of hydrogen-bond donors (Lipinski definition) is 5. The molecule has 5 rings (SSSR count). The number of rotatable bonds is 13. The molecule has 0 unspecified atom stereocenters. The van der Waals surface area contributed by atoms with Crippen molar-refractivity contribution < 1.29 is 16.8 Å². The van der Waals surface area contributed by atoms with Gasteiger partial charge in [-0.05, 0) is 105 Å². The van der Waals surface area contributed by atoms with E-state index < -0.39 is 20.0 Å². The summed E-state index contributed by atoms with van der Waals surface area (Å²) >= 11 is 0. The van der Waals surface area contributed by atoms with Crippen molar-refractivity contribution in [2.75, 3.05) is 34.4 Å². The summed E-state index contributed by atoms with van der Waals surface area (Å²) in [5.74, 6) is 2.31. The Hall–Kier alpha value is -4.38. The van der Waals surface area contributed by atoms with E-state index >= 15 is 0 Å². The molecule has 5 N–H and O–H groups in total. The normalized spacial score (nSPS) is 14.1. The molecule has 1 saturated carbocycles. The lowest BCUT2D eigenvalue weighted by Crippen LogP contribution is -2.36. The first-order chi connectivity index (χ1) is 26.2. The van der Waals surface area contributed by atoms with Crippen LogP contribution in [0.25, 0.3) is 0 Å². The van der Waals surface area contributed by atoms with Crippen molar-refractivity contribution in [2.24, 2.45) is 0 Å². The first kappa shape index (κ1) is 44.3. The second kappa shape index (κ2) is 18.7. The van der Waals surface area contributed by atoms with Gasteiger partial charge in [0.05, 0.1) is 9.79 Å². The van der Waals surface area contributed by atoms with Crippen LogP contribution in [0.4, 0.5) is 34.9 Å². The molecule has 0 atom stereocenters. The van der Waals surface area contributed by atoms with Crippen LogP contribution in [0.1, 0.15) is 98.6 Å². The zero-order valence-corrected chi connectivity index (χ0v) is 36.1. The van der Waals surface area contributed by atoms with Crippen LogP contribution >= 0.6 is 0 Å². The number of sulfonamides is 2. The molecular weight excluding hydrogens is 749 g/mol. The van der Waals surface area contributed by atoms with Gasteiger partial charge in [0.15, 0.2) is 0 Å². The summed E-state index contributed by atoms with van der Waals surface area (Å²) in [5, 5.41) is 12.9. The molecule has 0 saturated heterocycles. The van der Waals surface area contributed by atoms with Gasteiger partial charge in [-0.2, -0.15) is 14.3 Å². The summed E-state index contributed by atoms with van der Waals surface area (Å²) in [6.07, 6.45) is 8.62. The second-order valence-electron chi connectivity index (χ2n) is 16.1. The molecule has 4 aromatic rings. The van der Waals surface area contributed by atoms with Crippen LogP contribution in [-0.4, -0.2) is 71.3 Å². The minimum Gasteiger partial charge on any atom is -0.350 e. The molecule has 14 nitrogen and oxygen atoms in total. The molecule has 56 heavy (non-hydrogen) atoms. The highest BCUT2D eigenvalue weighted by molar-refractivity contribution is 7.89. The van der Waals surface area contributed by atoms with Gasteiger partial charge < -0.3 is 21.3 Å². The Morgan fingerprint density at radius 3 is 1.57 bits per heavy atom. The summed E-state index contributed by atoms with van der Waals surface area (Å²) in [6.45, 7) is 20.6. The maximum Gasteiger partial charge on any atom is 0.243 e. The van der Waals surface area contributed by atoms with Crippen LogP contribution in [0.5, 0.6) is 0 Å². The van der Waals surface area contributed by atoms with Gasteiger partial charge in [0.1, 0.15) is 11.6 Å². The van der Waals surface area contributed by atoms with Crippen molar-refractivity contribution in [3.05, 3.63) is 72.1 Å². The van der Waals surface area contributed by atoms with Crippen LogP contribution < -0.4 is 26.0 Å². The van der Waals surface area contributed by atoms with Crippen molar-refractivity contribution >= 4 is 55.0 Å². The van der Waals surface area contributed by atoms with Crippen molar-refractivity contribution in [1.29, 1.82) is 0 Å². The summed E-state index contributed by atoms with van der Waals surface area (Å²) in [5.41, 5.74) is 2.74. The first-order valence-electron chi connectivity index (χ1n) is 19.2. The van der Waals surface area contributed by atoms with Crippen molar-refractivity contribution in [1.82, 2.24) is 29.0 Å². The first-order valence-corrected chi connectivity index (χ1v) is 22.1. The highest BCUT2D eigenvalue weighted by atomic mass is 32.2. The fourth-order valence-corrected chi connectivity index (χ4v) is 8.75. The molecule has 1 aliphatic rings. The molecular formula is C40H60N10O4S2. The molecule has 0 aliphatic heterocycles. The van der Waals surface area contributed by atoms with Gasteiger partial charge in [0.25, 0.3) is 0 Å². The summed E-state index contributed by atoms with van der Waals surface area (Å²) in [7, 11) is -7.06. The number of hydrogen-bond acceptors (Lipinski definition) is 12. The number of aromatic nitrogens is 4. The van der Waals surface area contributed by atoms with E-state index in [-0.39, 0.29) is 26.9 Å².